The fourth-order valence-electron chi connectivity index (χ4n) is 1.70. The van der Waals surface area contributed by atoms with Crippen LogP contribution in [-0.2, 0) is 14.2 Å². The van der Waals surface area contributed by atoms with E-state index in [9.17, 15) is 15.3 Å². The first kappa shape index (κ1) is 9.32. The van der Waals surface area contributed by atoms with E-state index in [1.165, 1.54) is 7.11 Å². The summed E-state index contributed by atoms with van der Waals surface area (Å²) in [5, 5.41) is 28.6. The van der Waals surface area contributed by atoms with Crippen LogP contribution in [0, 0.1) is 0 Å². The minimum atomic E-state index is -1.83. The Morgan fingerprint density at radius 1 is 1.46 bits per heavy atom. The van der Waals surface area contributed by atoms with Crippen molar-refractivity contribution >= 4 is 0 Å². The summed E-state index contributed by atoms with van der Waals surface area (Å²) in [7, 11) is 1.34. The summed E-state index contributed by atoms with van der Waals surface area (Å²) in [6.45, 7) is -0.0470. The maximum atomic E-state index is 9.73. The van der Waals surface area contributed by atoms with Crippen molar-refractivity contribution in [3.05, 3.63) is 0 Å². The highest BCUT2D eigenvalue weighted by Crippen LogP contribution is 2.38. The van der Waals surface area contributed by atoms with Gasteiger partial charge in [0.05, 0.1) is 6.61 Å². The summed E-state index contributed by atoms with van der Waals surface area (Å²) in [6, 6.07) is 0. The fourth-order valence-corrected chi connectivity index (χ4v) is 1.70. The lowest BCUT2D eigenvalue weighted by Gasteiger charge is -2.23. The molecule has 5 atom stereocenters. The van der Waals surface area contributed by atoms with Gasteiger partial charge in [0, 0.05) is 7.11 Å². The molecule has 2 aliphatic heterocycles. The van der Waals surface area contributed by atoms with E-state index in [0.29, 0.717) is 0 Å². The van der Waals surface area contributed by atoms with Crippen molar-refractivity contribution in [2.24, 2.45) is 0 Å². The van der Waals surface area contributed by atoms with Crippen molar-refractivity contribution in [2.75, 3.05) is 13.7 Å². The SMILES string of the molecule is CO[C@H]1O[C@@H]2[C@H](O)CO[C@]2(O)[C@H]1O. The maximum absolute atomic E-state index is 9.73. The maximum Gasteiger partial charge on any atom is 0.227 e. The Hall–Kier alpha value is -0.240. The van der Waals surface area contributed by atoms with E-state index >= 15 is 0 Å². The van der Waals surface area contributed by atoms with Crippen LogP contribution in [0.4, 0.5) is 0 Å². The Balaban J connectivity index is 2.21. The predicted molar refractivity (Wildman–Crippen MR) is 38.6 cm³/mol. The standard InChI is InChI=1S/C7H12O6/c1-11-6-4(9)7(10)5(13-6)3(8)2-12-7/h3-6,8-10H,2H2,1H3/t3-,4+,5-,6+,7-/m1/s1. The topological polar surface area (TPSA) is 88.4 Å². The summed E-state index contributed by atoms with van der Waals surface area (Å²) < 4.78 is 14.7. The molecule has 0 unspecified atom stereocenters. The van der Waals surface area contributed by atoms with Crippen LogP contribution in [0.5, 0.6) is 0 Å². The molecular weight excluding hydrogens is 180 g/mol. The van der Waals surface area contributed by atoms with Crippen molar-refractivity contribution in [3.8, 4) is 0 Å². The molecule has 0 spiro atoms. The zero-order chi connectivity index (χ0) is 9.64. The molecule has 0 aromatic rings. The van der Waals surface area contributed by atoms with Crippen LogP contribution in [0.15, 0.2) is 0 Å². The van der Waals surface area contributed by atoms with Gasteiger partial charge >= 0.3 is 0 Å². The van der Waals surface area contributed by atoms with E-state index in [0.717, 1.165) is 0 Å². The normalized spacial score (nSPS) is 55.4. The van der Waals surface area contributed by atoms with Crippen molar-refractivity contribution in [1.82, 2.24) is 0 Å². The lowest BCUT2D eigenvalue weighted by atomic mass is 10.1. The first-order valence-corrected chi connectivity index (χ1v) is 4.00. The Morgan fingerprint density at radius 3 is 2.69 bits per heavy atom. The summed E-state index contributed by atoms with van der Waals surface area (Å²) in [5.41, 5.74) is 0. The molecule has 13 heavy (non-hydrogen) atoms. The van der Waals surface area contributed by atoms with Crippen LogP contribution in [0.25, 0.3) is 0 Å². The van der Waals surface area contributed by atoms with Crippen LogP contribution in [0.1, 0.15) is 0 Å². The average molecular weight is 192 g/mol. The molecule has 0 saturated carbocycles. The summed E-state index contributed by atoms with van der Waals surface area (Å²) in [5.74, 6) is -1.83. The van der Waals surface area contributed by atoms with Gasteiger partial charge < -0.3 is 29.5 Å². The minimum Gasteiger partial charge on any atom is -0.388 e. The van der Waals surface area contributed by atoms with Gasteiger partial charge in [-0.05, 0) is 0 Å². The van der Waals surface area contributed by atoms with Crippen molar-refractivity contribution in [1.29, 1.82) is 0 Å². The lowest BCUT2D eigenvalue weighted by Crippen LogP contribution is -2.48. The number of ether oxygens (including phenoxy) is 3. The number of methoxy groups -OCH3 is 1. The van der Waals surface area contributed by atoms with Crippen molar-refractivity contribution < 1.29 is 29.5 Å². The van der Waals surface area contributed by atoms with E-state index < -0.39 is 30.4 Å². The minimum absolute atomic E-state index is 0.0470. The van der Waals surface area contributed by atoms with Crippen LogP contribution in [-0.4, -0.2) is 59.4 Å². The van der Waals surface area contributed by atoms with Crippen LogP contribution < -0.4 is 0 Å². The molecule has 6 heteroatoms. The Kier molecular flexibility index (Phi) is 2.06. The Labute approximate surface area is 74.6 Å². The molecular formula is C7H12O6. The summed E-state index contributed by atoms with van der Waals surface area (Å²) >= 11 is 0. The van der Waals surface area contributed by atoms with Gasteiger partial charge in [0.1, 0.15) is 12.2 Å². The van der Waals surface area contributed by atoms with Gasteiger partial charge in [-0.2, -0.15) is 0 Å². The molecule has 0 bridgehead atoms. The van der Waals surface area contributed by atoms with Crippen molar-refractivity contribution in [2.45, 2.75) is 30.4 Å². The highest BCUT2D eigenvalue weighted by molar-refractivity contribution is 5.02. The third-order valence-electron chi connectivity index (χ3n) is 2.44. The van der Waals surface area contributed by atoms with Crippen LogP contribution in [0.3, 0.4) is 0 Å². The average Bonchev–Trinajstić information content (AvgIpc) is 2.53. The van der Waals surface area contributed by atoms with E-state index in [1.807, 2.05) is 0 Å². The molecule has 0 radical (unpaired) electrons. The predicted octanol–water partition coefficient (Wildman–Crippen LogP) is -2.20. The number of aliphatic hydroxyl groups excluding tert-OH is 2. The van der Waals surface area contributed by atoms with Gasteiger partial charge in [0.15, 0.2) is 12.4 Å². The van der Waals surface area contributed by atoms with Gasteiger partial charge in [-0.15, -0.1) is 0 Å². The van der Waals surface area contributed by atoms with Gasteiger partial charge in [0.2, 0.25) is 5.79 Å². The second-order valence-electron chi connectivity index (χ2n) is 3.24. The molecule has 2 fully saturated rings. The van der Waals surface area contributed by atoms with E-state index in [-0.39, 0.29) is 6.61 Å². The zero-order valence-corrected chi connectivity index (χ0v) is 7.08. The number of rotatable bonds is 1. The molecule has 2 aliphatic rings. The highest BCUT2D eigenvalue weighted by Gasteiger charge is 2.63. The second kappa shape index (κ2) is 2.88. The molecule has 0 aliphatic carbocycles. The third kappa shape index (κ3) is 1.11. The molecule has 2 saturated heterocycles. The van der Waals surface area contributed by atoms with Crippen LogP contribution >= 0.6 is 0 Å². The second-order valence-corrected chi connectivity index (χ2v) is 3.24. The summed E-state index contributed by atoms with van der Waals surface area (Å²) in [6.07, 6.45) is -4.11. The highest BCUT2D eigenvalue weighted by atomic mass is 16.8. The van der Waals surface area contributed by atoms with E-state index in [1.54, 1.807) is 0 Å². The molecule has 3 N–H and O–H groups in total. The van der Waals surface area contributed by atoms with Crippen molar-refractivity contribution in [3.63, 3.8) is 0 Å². The summed E-state index contributed by atoms with van der Waals surface area (Å²) in [4.78, 5) is 0. The molecule has 0 aromatic carbocycles. The van der Waals surface area contributed by atoms with Gasteiger partial charge in [-0.25, -0.2) is 0 Å². The quantitative estimate of drug-likeness (QED) is 0.437. The molecule has 0 amide bonds. The van der Waals surface area contributed by atoms with Gasteiger partial charge in [-0.1, -0.05) is 0 Å². The third-order valence-corrected chi connectivity index (χ3v) is 2.44. The monoisotopic (exact) mass is 192 g/mol. The molecule has 0 aromatic heterocycles. The number of hydrogen-bond acceptors (Lipinski definition) is 6. The fraction of sp³-hybridized carbons (Fsp3) is 1.00. The smallest absolute Gasteiger partial charge is 0.227 e. The van der Waals surface area contributed by atoms with E-state index in [2.05, 4.69) is 0 Å². The Bertz CT molecular complexity index is 209. The number of aliphatic hydroxyl groups is 3. The van der Waals surface area contributed by atoms with Gasteiger partial charge in [-0.3, -0.25) is 0 Å². The first-order chi connectivity index (χ1) is 6.09. The molecule has 2 rings (SSSR count). The molecule has 2 heterocycles. The number of fused-ring (bicyclic) bond motifs is 1. The Morgan fingerprint density at radius 2 is 2.15 bits per heavy atom. The molecule has 76 valence electrons. The van der Waals surface area contributed by atoms with Crippen LogP contribution in [0.2, 0.25) is 0 Å². The number of hydrogen-bond donors (Lipinski definition) is 3. The van der Waals surface area contributed by atoms with E-state index in [4.69, 9.17) is 14.2 Å². The van der Waals surface area contributed by atoms with Gasteiger partial charge in [0.25, 0.3) is 0 Å². The first-order valence-electron chi connectivity index (χ1n) is 4.00. The molecule has 6 nitrogen and oxygen atoms in total. The zero-order valence-electron chi connectivity index (χ0n) is 7.08. The largest absolute Gasteiger partial charge is 0.388 e. The lowest BCUT2D eigenvalue weighted by molar-refractivity contribution is -0.232.